The zero-order chi connectivity index (χ0) is 19.4. The summed E-state index contributed by atoms with van der Waals surface area (Å²) < 4.78 is 4.75. The summed E-state index contributed by atoms with van der Waals surface area (Å²) in [4.78, 5) is 36.8. The molecular formula is C19H19N3O5. The van der Waals surface area contributed by atoms with E-state index in [0.717, 1.165) is 31.6 Å². The van der Waals surface area contributed by atoms with Crippen molar-refractivity contribution in [2.45, 2.75) is 12.8 Å². The number of nitrogens with zero attached hydrogens (tertiary/aromatic N) is 2. The van der Waals surface area contributed by atoms with Crippen molar-refractivity contribution in [2.24, 2.45) is 0 Å². The zero-order valence-electron chi connectivity index (χ0n) is 14.8. The van der Waals surface area contributed by atoms with E-state index in [1.807, 2.05) is 0 Å². The minimum absolute atomic E-state index is 0.0861. The van der Waals surface area contributed by atoms with Crippen LogP contribution in [0.4, 0.5) is 17.1 Å². The molecule has 0 saturated carbocycles. The summed E-state index contributed by atoms with van der Waals surface area (Å²) in [6, 6.07) is 10.4. The number of ether oxygens (including phenoxy) is 1. The number of non-ortho nitro benzene ring substituents is 1. The molecule has 8 nitrogen and oxygen atoms in total. The van der Waals surface area contributed by atoms with Gasteiger partial charge in [0.15, 0.2) is 0 Å². The van der Waals surface area contributed by atoms with E-state index in [9.17, 15) is 19.7 Å². The van der Waals surface area contributed by atoms with E-state index in [1.54, 1.807) is 18.2 Å². The number of hydrogen-bond donors (Lipinski definition) is 1. The Bertz CT molecular complexity index is 873. The van der Waals surface area contributed by atoms with Gasteiger partial charge in [-0.1, -0.05) is 0 Å². The minimum Gasteiger partial charge on any atom is -0.465 e. The predicted molar refractivity (Wildman–Crippen MR) is 100 cm³/mol. The summed E-state index contributed by atoms with van der Waals surface area (Å²) >= 11 is 0. The highest BCUT2D eigenvalue weighted by atomic mass is 16.6. The van der Waals surface area contributed by atoms with Crippen molar-refractivity contribution in [3.05, 3.63) is 63.7 Å². The van der Waals surface area contributed by atoms with Crippen molar-refractivity contribution in [1.82, 2.24) is 0 Å². The summed E-state index contributed by atoms with van der Waals surface area (Å²) in [5, 5.41) is 13.6. The van der Waals surface area contributed by atoms with Gasteiger partial charge in [-0.25, -0.2) is 4.79 Å². The smallest absolute Gasteiger partial charge is 0.337 e. The first kappa shape index (κ1) is 18.4. The molecule has 2 aromatic carbocycles. The molecule has 0 aromatic heterocycles. The molecule has 1 amide bonds. The molecule has 140 valence electrons. The van der Waals surface area contributed by atoms with E-state index < -0.39 is 16.8 Å². The molecule has 1 aliphatic heterocycles. The van der Waals surface area contributed by atoms with E-state index >= 15 is 0 Å². The Hall–Kier alpha value is -3.42. The number of methoxy groups -OCH3 is 1. The normalized spacial score (nSPS) is 13.3. The van der Waals surface area contributed by atoms with Crippen molar-refractivity contribution >= 4 is 28.9 Å². The van der Waals surface area contributed by atoms with Gasteiger partial charge in [0.1, 0.15) is 0 Å². The fraction of sp³-hybridized carbons (Fsp3) is 0.263. The van der Waals surface area contributed by atoms with Crippen molar-refractivity contribution in [2.75, 3.05) is 30.4 Å². The predicted octanol–water partition coefficient (Wildman–Crippen LogP) is 3.23. The Morgan fingerprint density at radius 2 is 1.70 bits per heavy atom. The van der Waals surface area contributed by atoms with Gasteiger partial charge >= 0.3 is 5.97 Å². The maximum absolute atomic E-state index is 12.6. The van der Waals surface area contributed by atoms with Gasteiger partial charge in [-0.05, 0) is 43.2 Å². The average molecular weight is 369 g/mol. The molecule has 27 heavy (non-hydrogen) atoms. The van der Waals surface area contributed by atoms with Crippen LogP contribution >= 0.6 is 0 Å². The first-order valence-corrected chi connectivity index (χ1v) is 8.52. The van der Waals surface area contributed by atoms with Gasteiger partial charge < -0.3 is 15.0 Å². The molecule has 1 saturated heterocycles. The number of anilines is 2. The standard InChI is InChI=1S/C19H19N3O5/c1-27-19(24)14-6-9-17(21-10-2-3-11-21)16(12-14)20-18(23)13-4-7-15(8-5-13)22(25)26/h4-9,12H,2-3,10-11H2,1H3,(H,20,23). The topological polar surface area (TPSA) is 102 Å². The van der Waals surface area contributed by atoms with Crippen LogP contribution in [0.3, 0.4) is 0 Å². The Labute approximate surface area is 155 Å². The van der Waals surface area contributed by atoms with Gasteiger partial charge in [-0.15, -0.1) is 0 Å². The van der Waals surface area contributed by atoms with Crippen LogP contribution in [0.1, 0.15) is 33.6 Å². The lowest BCUT2D eigenvalue weighted by Gasteiger charge is -2.22. The fourth-order valence-corrected chi connectivity index (χ4v) is 3.04. The Balaban J connectivity index is 1.89. The van der Waals surface area contributed by atoms with Crippen molar-refractivity contribution < 1.29 is 19.2 Å². The maximum Gasteiger partial charge on any atom is 0.337 e. The van der Waals surface area contributed by atoms with E-state index in [1.165, 1.54) is 31.4 Å². The number of rotatable bonds is 5. The number of amides is 1. The van der Waals surface area contributed by atoms with E-state index in [-0.39, 0.29) is 11.3 Å². The second kappa shape index (κ2) is 7.86. The third-order valence-electron chi connectivity index (χ3n) is 4.45. The Morgan fingerprint density at radius 3 is 2.30 bits per heavy atom. The highest BCUT2D eigenvalue weighted by molar-refractivity contribution is 6.07. The van der Waals surface area contributed by atoms with Crippen LogP contribution in [0.5, 0.6) is 0 Å². The Kier molecular flexibility index (Phi) is 5.35. The first-order chi connectivity index (χ1) is 13.0. The van der Waals surface area contributed by atoms with Crippen LogP contribution in [0.15, 0.2) is 42.5 Å². The summed E-state index contributed by atoms with van der Waals surface area (Å²) in [5.41, 5.74) is 1.87. The van der Waals surface area contributed by atoms with E-state index in [4.69, 9.17) is 4.74 Å². The molecule has 0 atom stereocenters. The number of hydrogen-bond acceptors (Lipinski definition) is 6. The summed E-state index contributed by atoms with van der Waals surface area (Å²) in [6.45, 7) is 1.75. The minimum atomic E-state index is -0.521. The molecule has 1 aliphatic rings. The molecule has 0 unspecified atom stereocenters. The molecule has 1 heterocycles. The van der Waals surface area contributed by atoms with Crippen molar-refractivity contribution in [3.8, 4) is 0 Å². The average Bonchev–Trinajstić information content (AvgIpc) is 3.21. The number of esters is 1. The highest BCUT2D eigenvalue weighted by Gasteiger charge is 2.20. The lowest BCUT2D eigenvalue weighted by Crippen LogP contribution is -2.21. The van der Waals surface area contributed by atoms with Gasteiger partial charge in [0.25, 0.3) is 11.6 Å². The second-order valence-corrected chi connectivity index (χ2v) is 6.18. The largest absolute Gasteiger partial charge is 0.465 e. The van der Waals surface area contributed by atoms with Crippen molar-refractivity contribution in [1.29, 1.82) is 0 Å². The number of nitro benzene ring substituents is 1. The zero-order valence-corrected chi connectivity index (χ0v) is 14.8. The van der Waals surface area contributed by atoms with Gasteiger partial charge in [0.2, 0.25) is 0 Å². The van der Waals surface area contributed by atoms with Crippen LogP contribution in [0.25, 0.3) is 0 Å². The number of benzene rings is 2. The molecular weight excluding hydrogens is 350 g/mol. The molecule has 1 N–H and O–H groups in total. The molecule has 0 spiro atoms. The summed E-state index contributed by atoms with van der Waals surface area (Å²) in [7, 11) is 1.30. The number of nitrogens with one attached hydrogen (secondary N) is 1. The second-order valence-electron chi connectivity index (χ2n) is 6.18. The third-order valence-corrected chi connectivity index (χ3v) is 4.45. The maximum atomic E-state index is 12.6. The SMILES string of the molecule is COC(=O)c1ccc(N2CCCC2)c(NC(=O)c2ccc([N+](=O)[O-])cc2)c1. The quantitative estimate of drug-likeness (QED) is 0.493. The van der Waals surface area contributed by atoms with E-state index in [2.05, 4.69) is 10.2 Å². The van der Waals surface area contributed by atoms with Crippen LogP contribution in [0, 0.1) is 10.1 Å². The van der Waals surface area contributed by atoms with E-state index in [0.29, 0.717) is 11.3 Å². The van der Waals surface area contributed by atoms with Gasteiger partial charge in [-0.3, -0.25) is 14.9 Å². The van der Waals surface area contributed by atoms with Crippen LogP contribution in [-0.4, -0.2) is 37.0 Å². The summed E-state index contributed by atoms with van der Waals surface area (Å²) in [6.07, 6.45) is 2.13. The fourth-order valence-electron chi connectivity index (χ4n) is 3.04. The molecule has 3 rings (SSSR count). The first-order valence-electron chi connectivity index (χ1n) is 8.52. The lowest BCUT2D eigenvalue weighted by molar-refractivity contribution is -0.384. The summed E-state index contributed by atoms with van der Waals surface area (Å²) in [5.74, 6) is -0.902. The lowest BCUT2D eigenvalue weighted by atomic mass is 10.1. The Morgan fingerprint density at radius 1 is 1.07 bits per heavy atom. The third kappa shape index (κ3) is 4.05. The van der Waals surface area contributed by atoms with Crippen LogP contribution in [0.2, 0.25) is 0 Å². The van der Waals surface area contributed by atoms with Crippen molar-refractivity contribution in [3.63, 3.8) is 0 Å². The van der Waals surface area contributed by atoms with Gasteiger partial charge in [0, 0.05) is 30.8 Å². The molecule has 2 aromatic rings. The molecule has 0 radical (unpaired) electrons. The van der Waals surface area contributed by atoms with Crippen LogP contribution < -0.4 is 10.2 Å². The molecule has 0 aliphatic carbocycles. The highest BCUT2D eigenvalue weighted by Crippen LogP contribution is 2.31. The number of nitro groups is 1. The molecule has 1 fully saturated rings. The molecule has 8 heteroatoms. The molecule has 0 bridgehead atoms. The van der Waals surface area contributed by atoms with Gasteiger partial charge in [-0.2, -0.15) is 0 Å². The number of carbonyl (C=O) groups excluding carboxylic acids is 2. The monoisotopic (exact) mass is 369 g/mol. The van der Waals surface area contributed by atoms with Gasteiger partial charge in [0.05, 0.1) is 29.0 Å². The number of carbonyl (C=O) groups is 2. The van der Waals surface area contributed by atoms with Crippen LogP contribution in [-0.2, 0) is 4.74 Å².